The first kappa shape index (κ1) is 29.7. The molecule has 10 heteroatoms. The SMILES string of the molecule is O=C(c1ccccc1)c1cccc(Sc2ccc(S(OS(=O)(=O)C(F)(F)F)(c3ccccc3)c3ccccc3)cc2)c1. The number of rotatable bonds is 9. The third kappa shape index (κ3) is 6.17. The Hall–Kier alpha value is -3.83. The van der Waals surface area contributed by atoms with Crippen molar-refractivity contribution < 1.29 is 30.0 Å². The first-order valence-electron chi connectivity index (χ1n) is 12.5. The Morgan fingerprint density at radius 1 is 0.571 bits per heavy atom. The maximum atomic E-state index is 13.7. The van der Waals surface area contributed by atoms with Crippen LogP contribution in [0.25, 0.3) is 0 Å². The molecule has 0 aliphatic carbocycles. The molecule has 0 N–H and O–H groups in total. The summed E-state index contributed by atoms with van der Waals surface area (Å²) in [4.78, 5) is 15.3. The van der Waals surface area contributed by atoms with Crippen molar-refractivity contribution in [3.63, 3.8) is 0 Å². The lowest BCUT2D eigenvalue weighted by Crippen LogP contribution is -2.27. The number of carbonyl (C=O) groups excluding carboxylic acids is 1. The van der Waals surface area contributed by atoms with Crippen LogP contribution in [0.15, 0.2) is 164 Å². The Morgan fingerprint density at radius 2 is 1.05 bits per heavy atom. The van der Waals surface area contributed by atoms with Crippen LogP contribution in [0.5, 0.6) is 0 Å². The van der Waals surface area contributed by atoms with Gasteiger partial charge in [0.15, 0.2) is 5.78 Å². The van der Waals surface area contributed by atoms with Crippen molar-refractivity contribution in [2.45, 2.75) is 30.0 Å². The molecule has 5 rings (SSSR count). The lowest BCUT2D eigenvalue weighted by Gasteiger charge is -2.39. The number of halogens is 3. The molecule has 0 fully saturated rings. The average Bonchev–Trinajstić information content (AvgIpc) is 3.01. The number of hydrogen-bond acceptors (Lipinski definition) is 5. The van der Waals surface area contributed by atoms with Gasteiger partial charge in [0, 0.05) is 35.6 Å². The standard InChI is InChI=1S/C32H23F3O4S3/c33-32(34,35)42(37,38)39-41(28-15-6-2-7-16-28,29-17-8-3-9-18-29)30-21-19-26(20-22-30)40-27-14-10-13-25(23-27)31(36)24-11-4-1-5-12-24/h1-23H. The van der Waals surface area contributed by atoms with Gasteiger partial charge in [0.2, 0.25) is 0 Å². The Balaban J connectivity index is 1.55. The van der Waals surface area contributed by atoms with Gasteiger partial charge in [-0.2, -0.15) is 25.2 Å². The highest BCUT2D eigenvalue weighted by Gasteiger charge is 2.52. The maximum Gasteiger partial charge on any atom is 0.524 e. The van der Waals surface area contributed by atoms with E-state index in [-0.39, 0.29) is 20.5 Å². The smallest absolute Gasteiger partial charge is 0.289 e. The van der Waals surface area contributed by atoms with Crippen LogP contribution in [0.4, 0.5) is 13.2 Å². The van der Waals surface area contributed by atoms with Gasteiger partial charge in [0.1, 0.15) is 0 Å². The van der Waals surface area contributed by atoms with E-state index in [9.17, 15) is 26.4 Å². The molecule has 0 bridgehead atoms. The Bertz CT molecular complexity index is 1740. The van der Waals surface area contributed by atoms with E-state index in [1.165, 1.54) is 11.8 Å². The fourth-order valence-electron chi connectivity index (χ4n) is 4.22. The molecule has 0 saturated heterocycles. The molecule has 42 heavy (non-hydrogen) atoms. The molecule has 0 aliphatic heterocycles. The second-order valence-corrected chi connectivity index (χ2v) is 14.5. The molecule has 5 aromatic carbocycles. The van der Waals surface area contributed by atoms with Crippen LogP contribution in [0.2, 0.25) is 0 Å². The largest absolute Gasteiger partial charge is 0.524 e. The average molecular weight is 625 g/mol. The summed E-state index contributed by atoms with van der Waals surface area (Å²) < 4.78 is 71.4. The lowest BCUT2D eigenvalue weighted by atomic mass is 10.0. The van der Waals surface area contributed by atoms with Gasteiger partial charge < -0.3 is 0 Å². The van der Waals surface area contributed by atoms with Crippen LogP contribution in [0.3, 0.4) is 0 Å². The summed E-state index contributed by atoms with van der Waals surface area (Å²) in [7, 11) is -9.37. The van der Waals surface area contributed by atoms with Crippen molar-refractivity contribution in [3.8, 4) is 0 Å². The summed E-state index contributed by atoms with van der Waals surface area (Å²) in [5.74, 6) is -0.115. The van der Waals surface area contributed by atoms with Crippen molar-refractivity contribution >= 4 is 38.0 Å². The molecule has 0 aliphatic rings. The fraction of sp³-hybridized carbons (Fsp3) is 0.0312. The number of hydrogen-bond donors (Lipinski definition) is 0. The number of benzene rings is 5. The minimum Gasteiger partial charge on any atom is -0.289 e. The second-order valence-electron chi connectivity index (χ2n) is 8.95. The third-order valence-electron chi connectivity index (χ3n) is 6.15. The maximum absolute atomic E-state index is 13.7. The van der Waals surface area contributed by atoms with Crippen molar-refractivity contribution in [1.82, 2.24) is 0 Å². The molecule has 0 heterocycles. The molecule has 4 nitrogen and oxygen atoms in total. The van der Waals surface area contributed by atoms with Crippen LogP contribution < -0.4 is 0 Å². The number of alkyl halides is 3. The Morgan fingerprint density at radius 3 is 1.57 bits per heavy atom. The highest BCUT2D eigenvalue weighted by Crippen LogP contribution is 2.70. The topological polar surface area (TPSA) is 60.4 Å². The van der Waals surface area contributed by atoms with Gasteiger partial charge in [-0.1, -0.05) is 90.6 Å². The van der Waals surface area contributed by atoms with Crippen LogP contribution in [-0.4, -0.2) is 19.7 Å². The van der Waals surface area contributed by atoms with E-state index in [2.05, 4.69) is 0 Å². The van der Waals surface area contributed by atoms with E-state index in [4.69, 9.17) is 3.63 Å². The molecule has 5 aromatic rings. The minimum absolute atomic E-state index is 0.115. The van der Waals surface area contributed by atoms with Crippen LogP contribution in [0.1, 0.15) is 15.9 Å². The monoisotopic (exact) mass is 624 g/mol. The van der Waals surface area contributed by atoms with Crippen LogP contribution in [-0.2, 0) is 13.7 Å². The highest BCUT2D eigenvalue weighted by atomic mass is 32.3. The first-order valence-corrected chi connectivity index (χ1v) is 16.3. The molecule has 0 atom stereocenters. The van der Waals surface area contributed by atoms with E-state index in [0.29, 0.717) is 11.1 Å². The van der Waals surface area contributed by atoms with E-state index in [0.717, 1.165) is 9.79 Å². The first-order chi connectivity index (χ1) is 20.1. The summed E-state index contributed by atoms with van der Waals surface area (Å²) >= 11 is 1.36. The normalized spacial score (nSPS) is 12.5. The summed E-state index contributed by atoms with van der Waals surface area (Å²) in [5.41, 5.74) is -4.53. The lowest BCUT2D eigenvalue weighted by molar-refractivity contribution is -0.0496. The minimum atomic E-state index is -5.99. The molecule has 0 unspecified atom stereocenters. The summed E-state index contributed by atoms with van der Waals surface area (Å²) in [6.45, 7) is 0. The van der Waals surface area contributed by atoms with Gasteiger partial charge in [-0.15, -0.1) is 0 Å². The molecular weight excluding hydrogens is 602 g/mol. The number of ketones is 1. The molecule has 0 amide bonds. The second kappa shape index (κ2) is 12.2. The van der Waals surface area contributed by atoms with E-state index in [1.54, 1.807) is 127 Å². The fourth-order valence-corrected chi connectivity index (χ4v) is 9.84. The molecule has 0 aromatic heterocycles. The zero-order valence-electron chi connectivity index (χ0n) is 21.8. The predicted octanol–water partition coefficient (Wildman–Crippen LogP) is 9.13. The van der Waals surface area contributed by atoms with Gasteiger partial charge in [-0.25, -0.2) is 0 Å². The van der Waals surface area contributed by atoms with Crippen molar-refractivity contribution in [2.75, 3.05) is 0 Å². The van der Waals surface area contributed by atoms with E-state index < -0.39 is 25.9 Å². The Kier molecular flexibility index (Phi) is 8.60. The molecule has 0 radical (unpaired) electrons. The van der Waals surface area contributed by atoms with Gasteiger partial charge in [0.25, 0.3) is 0 Å². The van der Waals surface area contributed by atoms with E-state index >= 15 is 0 Å². The molecule has 0 saturated carbocycles. The van der Waals surface area contributed by atoms with E-state index in [1.807, 2.05) is 12.1 Å². The third-order valence-corrected chi connectivity index (χ3v) is 12.1. The highest BCUT2D eigenvalue weighted by molar-refractivity contribution is 8.33. The quantitative estimate of drug-likeness (QED) is 0.121. The van der Waals surface area contributed by atoms with Crippen molar-refractivity contribution in [3.05, 3.63) is 151 Å². The van der Waals surface area contributed by atoms with Gasteiger partial charge in [-0.3, -0.25) is 4.79 Å². The molecular formula is C32H23F3O4S3. The van der Waals surface area contributed by atoms with Gasteiger partial charge in [-0.05, 0) is 71.0 Å². The zero-order chi connectivity index (χ0) is 29.8. The predicted molar refractivity (Wildman–Crippen MR) is 158 cm³/mol. The Labute approximate surface area is 247 Å². The summed E-state index contributed by atoms with van der Waals surface area (Å²) in [5, 5.41) is 0. The summed E-state index contributed by atoms with van der Waals surface area (Å²) in [6, 6.07) is 38.7. The van der Waals surface area contributed by atoms with Crippen molar-refractivity contribution in [2.24, 2.45) is 0 Å². The number of carbonyl (C=O) groups is 1. The van der Waals surface area contributed by atoms with Crippen LogP contribution >= 0.6 is 22.1 Å². The van der Waals surface area contributed by atoms with Gasteiger partial charge in [0.05, 0.1) is 0 Å². The molecule has 0 spiro atoms. The van der Waals surface area contributed by atoms with Crippen LogP contribution in [0, 0.1) is 0 Å². The summed E-state index contributed by atoms with van der Waals surface area (Å²) in [6.07, 6.45) is 0. The van der Waals surface area contributed by atoms with Crippen molar-refractivity contribution in [1.29, 1.82) is 0 Å². The molecule has 214 valence electrons. The zero-order valence-corrected chi connectivity index (χ0v) is 24.2. The van der Waals surface area contributed by atoms with Gasteiger partial charge >= 0.3 is 15.6 Å².